The van der Waals surface area contributed by atoms with Gasteiger partial charge in [-0.1, -0.05) is 12.1 Å². The van der Waals surface area contributed by atoms with Gasteiger partial charge in [0, 0.05) is 5.69 Å². The van der Waals surface area contributed by atoms with Crippen LogP contribution in [0.25, 0.3) is 17.1 Å². The van der Waals surface area contributed by atoms with Crippen LogP contribution in [0, 0.1) is 11.6 Å². The Bertz CT molecular complexity index is 769. The van der Waals surface area contributed by atoms with E-state index in [4.69, 9.17) is 5.73 Å². The second-order valence-electron chi connectivity index (χ2n) is 4.10. The topological polar surface area (TPSA) is 69.6 Å². The summed E-state index contributed by atoms with van der Waals surface area (Å²) in [5.74, 6) is -0.970. The van der Waals surface area contributed by atoms with Crippen LogP contribution in [0.15, 0.2) is 42.5 Å². The number of nitrogen functional groups attached to an aromatic ring is 1. The number of nitrogens with zero attached hydrogens (tertiary/aromatic N) is 4. The molecule has 0 unspecified atom stereocenters. The van der Waals surface area contributed by atoms with Gasteiger partial charge >= 0.3 is 0 Å². The molecule has 0 saturated heterocycles. The number of hydrogen-bond donors (Lipinski definition) is 1. The molecule has 0 radical (unpaired) electrons. The molecule has 0 saturated carbocycles. The molecule has 0 aliphatic heterocycles. The van der Waals surface area contributed by atoms with E-state index < -0.39 is 11.6 Å². The summed E-state index contributed by atoms with van der Waals surface area (Å²) in [6, 6.07) is 10.1. The first-order valence-electron chi connectivity index (χ1n) is 5.75. The largest absolute Gasteiger partial charge is 0.399 e. The summed E-state index contributed by atoms with van der Waals surface area (Å²) in [6.07, 6.45) is 0. The van der Waals surface area contributed by atoms with Crippen molar-refractivity contribution in [3.8, 4) is 17.1 Å². The number of aromatic nitrogens is 4. The first-order chi connectivity index (χ1) is 9.66. The van der Waals surface area contributed by atoms with Crippen LogP contribution in [0.4, 0.5) is 14.5 Å². The Morgan fingerprint density at radius 1 is 1.00 bits per heavy atom. The van der Waals surface area contributed by atoms with E-state index >= 15 is 0 Å². The summed E-state index contributed by atoms with van der Waals surface area (Å²) >= 11 is 0. The van der Waals surface area contributed by atoms with Gasteiger partial charge in [0.2, 0.25) is 0 Å². The second-order valence-corrected chi connectivity index (χ2v) is 4.10. The van der Waals surface area contributed by atoms with Crippen LogP contribution in [0.1, 0.15) is 0 Å². The minimum atomic E-state index is -0.572. The van der Waals surface area contributed by atoms with Crippen molar-refractivity contribution in [2.75, 3.05) is 5.73 Å². The van der Waals surface area contributed by atoms with Crippen molar-refractivity contribution in [2.24, 2.45) is 0 Å². The molecule has 3 aromatic rings. The van der Waals surface area contributed by atoms with Crippen molar-refractivity contribution in [3.63, 3.8) is 0 Å². The van der Waals surface area contributed by atoms with Crippen LogP contribution < -0.4 is 5.73 Å². The lowest BCUT2D eigenvalue weighted by Crippen LogP contribution is -2.03. The molecule has 3 rings (SSSR count). The highest BCUT2D eigenvalue weighted by Gasteiger charge is 2.16. The molecule has 0 amide bonds. The highest BCUT2D eigenvalue weighted by atomic mass is 19.1. The Morgan fingerprint density at radius 3 is 2.55 bits per heavy atom. The van der Waals surface area contributed by atoms with Crippen molar-refractivity contribution < 1.29 is 8.78 Å². The van der Waals surface area contributed by atoms with Crippen LogP contribution in [0.3, 0.4) is 0 Å². The maximum atomic E-state index is 13.9. The molecule has 100 valence electrons. The number of para-hydroxylation sites is 1. The molecule has 0 aliphatic carbocycles. The highest BCUT2D eigenvalue weighted by Crippen LogP contribution is 2.24. The zero-order valence-corrected chi connectivity index (χ0v) is 10.2. The van der Waals surface area contributed by atoms with Crippen LogP contribution >= 0.6 is 0 Å². The smallest absolute Gasteiger partial charge is 0.190 e. The van der Waals surface area contributed by atoms with Gasteiger partial charge < -0.3 is 5.73 Å². The van der Waals surface area contributed by atoms with E-state index in [0.29, 0.717) is 0 Å². The lowest BCUT2D eigenvalue weighted by molar-refractivity contribution is 0.605. The molecular formula is C13H9F2N5. The Hall–Kier alpha value is -2.83. The van der Waals surface area contributed by atoms with Crippen LogP contribution in [0.2, 0.25) is 0 Å². The van der Waals surface area contributed by atoms with Crippen molar-refractivity contribution >= 4 is 5.69 Å². The first kappa shape index (κ1) is 12.2. The molecular weight excluding hydrogens is 264 g/mol. The van der Waals surface area contributed by atoms with E-state index in [1.807, 2.05) is 0 Å². The Morgan fingerprint density at radius 2 is 1.80 bits per heavy atom. The van der Waals surface area contributed by atoms with Crippen molar-refractivity contribution in [1.29, 1.82) is 0 Å². The number of halogens is 2. The average molecular weight is 273 g/mol. The van der Waals surface area contributed by atoms with Gasteiger partial charge in [-0.25, -0.2) is 8.78 Å². The summed E-state index contributed by atoms with van der Waals surface area (Å²) in [5.41, 5.74) is 6.07. The van der Waals surface area contributed by atoms with Crippen LogP contribution in [-0.4, -0.2) is 20.2 Å². The SMILES string of the molecule is Nc1ccc(-c2nnnn2-c2ccccc2F)c(F)c1. The molecule has 0 bridgehead atoms. The quantitative estimate of drug-likeness (QED) is 0.727. The van der Waals surface area contributed by atoms with Gasteiger partial charge in [0.25, 0.3) is 0 Å². The van der Waals surface area contributed by atoms with Gasteiger partial charge in [0.05, 0.1) is 5.56 Å². The fourth-order valence-electron chi connectivity index (χ4n) is 1.85. The third-order valence-electron chi connectivity index (χ3n) is 2.78. The lowest BCUT2D eigenvalue weighted by Gasteiger charge is -2.06. The number of nitrogens with two attached hydrogens (primary N) is 1. The minimum Gasteiger partial charge on any atom is -0.399 e. The fraction of sp³-hybridized carbons (Fsp3) is 0. The molecule has 1 heterocycles. The van der Waals surface area contributed by atoms with Gasteiger partial charge in [-0.15, -0.1) is 5.10 Å². The first-order valence-corrected chi connectivity index (χ1v) is 5.75. The van der Waals surface area contributed by atoms with E-state index in [0.717, 1.165) is 10.7 Å². The molecule has 7 heteroatoms. The van der Waals surface area contributed by atoms with Gasteiger partial charge in [-0.05, 0) is 40.8 Å². The molecule has 5 nitrogen and oxygen atoms in total. The molecule has 2 N–H and O–H groups in total. The maximum Gasteiger partial charge on any atom is 0.190 e. The van der Waals surface area contributed by atoms with E-state index in [1.165, 1.54) is 24.3 Å². The lowest BCUT2D eigenvalue weighted by atomic mass is 10.1. The molecule has 20 heavy (non-hydrogen) atoms. The van der Waals surface area contributed by atoms with Crippen LogP contribution in [-0.2, 0) is 0 Å². The Kier molecular flexibility index (Phi) is 2.86. The van der Waals surface area contributed by atoms with Crippen molar-refractivity contribution in [1.82, 2.24) is 20.2 Å². The zero-order chi connectivity index (χ0) is 14.1. The zero-order valence-electron chi connectivity index (χ0n) is 10.2. The molecule has 2 aromatic carbocycles. The van der Waals surface area contributed by atoms with E-state index in [9.17, 15) is 8.78 Å². The number of hydrogen-bond acceptors (Lipinski definition) is 4. The van der Waals surface area contributed by atoms with E-state index in [-0.39, 0.29) is 22.8 Å². The Labute approximate surface area is 112 Å². The van der Waals surface area contributed by atoms with E-state index in [1.54, 1.807) is 12.1 Å². The fourth-order valence-corrected chi connectivity index (χ4v) is 1.85. The van der Waals surface area contributed by atoms with Gasteiger partial charge in [-0.3, -0.25) is 0 Å². The Balaban J connectivity index is 2.18. The molecule has 0 spiro atoms. The average Bonchev–Trinajstić information content (AvgIpc) is 2.88. The van der Waals surface area contributed by atoms with E-state index in [2.05, 4.69) is 15.5 Å². The summed E-state index contributed by atoms with van der Waals surface area (Å²) in [4.78, 5) is 0. The third kappa shape index (κ3) is 1.99. The number of benzene rings is 2. The standard InChI is InChI=1S/C13H9F2N5/c14-10-3-1-2-4-12(10)20-13(17-18-19-20)9-6-5-8(16)7-11(9)15/h1-7H,16H2. The van der Waals surface area contributed by atoms with Gasteiger partial charge in [0.15, 0.2) is 5.82 Å². The van der Waals surface area contributed by atoms with Crippen molar-refractivity contribution in [3.05, 3.63) is 54.1 Å². The molecule has 0 aliphatic rings. The number of rotatable bonds is 2. The highest BCUT2D eigenvalue weighted by molar-refractivity contribution is 5.61. The molecule has 0 fully saturated rings. The summed E-state index contributed by atoms with van der Waals surface area (Å²) in [7, 11) is 0. The number of tetrazole rings is 1. The predicted molar refractivity (Wildman–Crippen MR) is 68.9 cm³/mol. The normalized spacial score (nSPS) is 10.7. The maximum absolute atomic E-state index is 13.9. The molecule has 1 aromatic heterocycles. The van der Waals surface area contributed by atoms with Gasteiger partial charge in [0.1, 0.15) is 17.3 Å². The second kappa shape index (κ2) is 4.69. The minimum absolute atomic E-state index is 0.104. The molecule has 0 atom stereocenters. The predicted octanol–water partition coefficient (Wildman–Crippen LogP) is 2.19. The van der Waals surface area contributed by atoms with Gasteiger partial charge in [-0.2, -0.15) is 4.68 Å². The van der Waals surface area contributed by atoms with Crippen molar-refractivity contribution in [2.45, 2.75) is 0 Å². The summed E-state index contributed by atoms with van der Waals surface area (Å²) in [6.45, 7) is 0. The third-order valence-corrected chi connectivity index (χ3v) is 2.78. The summed E-state index contributed by atoms with van der Waals surface area (Å²) < 4.78 is 28.9. The van der Waals surface area contributed by atoms with Crippen LogP contribution in [0.5, 0.6) is 0 Å². The monoisotopic (exact) mass is 273 g/mol. The number of anilines is 1. The summed E-state index contributed by atoms with van der Waals surface area (Å²) in [5, 5.41) is 10.9.